The monoisotopic (exact) mass is 527 g/mol. The van der Waals surface area contributed by atoms with E-state index in [1.807, 2.05) is 0 Å². The average molecular weight is 527 g/mol. The number of carbonyl (C=O) groups excluding carboxylic acids is 1. The van der Waals surface area contributed by atoms with E-state index in [0.29, 0.717) is 5.56 Å². The number of amides is 1. The summed E-state index contributed by atoms with van der Waals surface area (Å²) >= 11 is 1.77. The molecule has 0 bridgehead atoms. The van der Waals surface area contributed by atoms with Gasteiger partial charge < -0.3 is 0 Å². The summed E-state index contributed by atoms with van der Waals surface area (Å²) in [6, 6.07) is 8.54. The smallest absolute Gasteiger partial charge is 0.272 e. The molecule has 2 atom stereocenters. The zero-order chi connectivity index (χ0) is 21.4. The minimum absolute atomic E-state index is 0.0776. The van der Waals surface area contributed by atoms with E-state index < -0.39 is 41.7 Å². The lowest BCUT2D eigenvalue weighted by atomic mass is 9.74. The minimum Gasteiger partial charge on any atom is -0.272 e. The van der Waals surface area contributed by atoms with E-state index in [2.05, 4.69) is 0 Å². The molecule has 11 heteroatoms. The molecular formula is C17H17F7INO2. The Labute approximate surface area is 170 Å². The highest BCUT2D eigenvalue weighted by atomic mass is 127. The summed E-state index contributed by atoms with van der Waals surface area (Å²) in [5.74, 6) is -13.6. The molecule has 1 saturated heterocycles. The number of rotatable bonds is 7. The van der Waals surface area contributed by atoms with Crippen molar-refractivity contribution >= 4 is 28.5 Å². The number of alkyl halides is 8. The quantitative estimate of drug-likeness (QED) is 0.276. The lowest BCUT2D eigenvalue weighted by Gasteiger charge is -2.35. The van der Waals surface area contributed by atoms with Gasteiger partial charge in [0.2, 0.25) is 0 Å². The number of nitrogens with zero attached hydrogens (tertiary/aromatic N) is 1. The predicted molar refractivity (Wildman–Crippen MR) is 94.0 cm³/mol. The van der Waals surface area contributed by atoms with Crippen molar-refractivity contribution in [2.45, 2.75) is 38.0 Å². The Balaban J connectivity index is 2.21. The lowest BCUT2D eigenvalue weighted by Crippen LogP contribution is -2.55. The maximum atomic E-state index is 14.0. The van der Waals surface area contributed by atoms with Crippen LogP contribution in [0.3, 0.4) is 0 Å². The average Bonchev–Trinajstić information content (AvgIpc) is 2.83. The first-order chi connectivity index (χ1) is 12.8. The van der Waals surface area contributed by atoms with Crippen LogP contribution in [0.15, 0.2) is 30.3 Å². The van der Waals surface area contributed by atoms with Crippen molar-refractivity contribution in [2.24, 2.45) is 11.3 Å². The molecule has 1 amide bonds. The van der Waals surface area contributed by atoms with E-state index in [0.717, 1.165) is 12.0 Å². The second kappa shape index (κ2) is 7.96. The molecule has 28 heavy (non-hydrogen) atoms. The van der Waals surface area contributed by atoms with Crippen LogP contribution in [0.4, 0.5) is 30.7 Å². The zero-order valence-corrected chi connectivity index (χ0v) is 16.7. The molecule has 0 aliphatic carbocycles. The van der Waals surface area contributed by atoms with E-state index in [1.54, 1.807) is 52.9 Å². The summed E-state index contributed by atoms with van der Waals surface area (Å²) in [7, 11) is 0. The number of halogens is 8. The van der Waals surface area contributed by atoms with E-state index in [9.17, 15) is 35.5 Å². The second-order valence-corrected chi connectivity index (χ2v) is 7.73. The summed E-state index contributed by atoms with van der Waals surface area (Å²) in [5, 5.41) is 0.776. The molecule has 0 N–H and O–H groups in total. The highest BCUT2D eigenvalue weighted by Crippen LogP contribution is 2.54. The second-order valence-electron chi connectivity index (χ2n) is 6.85. The minimum atomic E-state index is -6.43. The third-order valence-corrected chi connectivity index (χ3v) is 5.89. The molecule has 1 aromatic rings. The van der Waals surface area contributed by atoms with Gasteiger partial charge in [0.05, 0.1) is 12.0 Å². The molecule has 0 radical (unpaired) electrons. The van der Waals surface area contributed by atoms with E-state index in [4.69, 9.17) is 4.84 Å². The van der Waals surface area contributed by atoms with Gasteiger partial charge >= 0.3 is 18.0 Å². The maximum absolute atomic E-state index is 14.0. The van der Waals surface area contributed by atoms with Gasteiger partial charge in [-0.3, -0.25) is 9.63 Å². The molecule has 2 rings (SSSR count). The van der Waals surface area contributed by atoms with E-state index in [1.165, 1.54) is 0 Å². The van der Waals surface area contributed by atoms with Crippen LogP contribution in [0, 0.1) is 11.3 Å². The highest BCUT2D eigenvalue weighted by molar-refractivity contribution is 14.1. The van der Waals surface area contributed by atoms with Gasteiger partial charge in [-0.2, -0.15) is 30.7 Å². The fraction of sp³-hybridized carbons (Fsp3) is 0.588. The molecule has 1 aromatic carbocycles. The largest absolute Gasteiger partial charge is 0.459 e. The Bertz CT molecular complexity index is 698. The fourth-order valence-corrected chi connectivity index (χ4v) is 4.25. The Morgan fingerprint density at radius 3 is 2.21 bits per heavy atom. The molecule has 3 nitrogen and oxygen atoms in total. The van der Waals surface area contributed by atoms with Gasteiger partial charge in [0, 0.05) is 16.8 Å². The summed E-state index contributed by atoms with van der Waals surface area (Å²) in [5.41, 5.74) is -1.46. The summed E-state index contributed by atoms with van der Waals surface area (Å²) in [6.45, 7) is 0.718. The first-order valence-corrected chi connectivity index (χ1v) is 9.66. The first kappa shape index (κ1) is 23.2. The topological polar surface area (TPSA) is 29.5 Å². The van der Waals surface area contributed by atoms with Crippen molar-refractivity contribution in [3.63, 3.8) is 0 Å². The van der Waals surface area contributed by atoms with Crippen LogP contribution >= 0.6 is 22.6 Å². The number of hydrogen-bond acceptors (Lipinski definition) is 2. The van der Waals surface area contributed by atoms with Gasteiger partial charge in [0.1, 0.15) is 6.61 Å². The molecule has 1 aliphatic rings. The molecule has 1 heterocycles. The molecule has 1 aliphatic heterocycles. The third-order valence-electron chi connectivity index (χ3n) is 4.82. The van der Waals surface area contributed by atoms with Crippen LogP contribution in [0.1, 0.15) is 18.9 Å². The Morgan fingerprint density at radius 2 is 1.71 bits per heavy atom. The first-order valence-electron chi connectivity index (χ1n) is 8.13. The molecule has 0 spiro atoms. The normalized spacial score (nSPS) is 24.1. The maximum Gasteiger partial charge on any atom is 0.459 e. The number of benzene rings is 1. The highest BCUT2D eigenvalue weighted by Gasteiger charge is 2.75. The van der Waals surface area contributed by atoms with Gasteiger partial charge in [-0.1, -0.05) is 59.8 Å². The van der Waals surface area contributed by atoms with Gasteiger partial charge in [-0.15, -0.1) is 0 Å². The van der Waals surface area contributed by atoms with Crippen LogP contribution in [-0.2, 0) is 16.2 Å². The molecular weight excluding hydrogens is 510 g/mol. The van der Waals surface area contributed by atoms with E-state index >= 15 is 0 Å². The van der Waals surface area contributed by atoms with Crippen molar-refractivity contribution in [2.75, 3.05) is 11.0 Å². The van der Waals surface area contributed by atoms with Crippen molar-refractivity contribution in [1.29, 1.82) is 0 Å². The zero-order valence-electron chi connectivity index (χ0n) is 14.6. The standard InChI is InChI=1S/C17H17F7INO2/c1-14(10-15(18,19)16(20,21)17(22,23)24)12(7-25)8-26(13(14)27)28-9-11-5-3-2-4-6-11/h2-6,12H,7-10H2,1H3/t12?,14-/m0/s1. The van der Waals surface area contributed by atoms with Gasteiger partial charge in [-0.05, 0) is 5.56 Å². The Morgan fingerprint density at radius 1 is 1.14 bits per heavy atom. The lowest BCUT2D eigenvalue weighted by molar-refractivity contribution is -0.359. The molecule has 158 valence electrons. The van der Waals surface area contributed by atoms with Crippen LogP contribution in [0.25, 0.3) is 0 Å². The Hall–Kier alpha value is -1.11. The van der Waals surface area contributed by atoms with Crippen LogP contribution in [0.5, 0.6) is 0 Å². The molecule has 1 unspecified atom stereocenters. The molecule has 0 aromatic heterocycles. The van der Waals surface area contributed by atoms with Crippen molar-refractivity contribution < 1.29 is 40.4 Å². The van der Waals surface area contributed by atoms with E-state index in [-0.39, 0.29) is 17.6 Å². The summed E-state index contributed by atoms with van der Waals surface area (Å²) in [6.07, 6.45) is -8.37. The fourth-order valence-electron chi connectivity index (χ4n) is 3.00. The summed E-state index contributed by atoms with van der Waals surface area (Å²) < 4.78 is 92.0. The van der Waals surface area contributed by atoms with Gasteiger partial charge in [-0.25, -0.2) is 5.06 Å². The van der Waals surface area contributed by atoms with Crippen LogP contribution in [-0.4, -0.2) is 40.0 Å². The molecule has 0 saturated carbocycles. The van der Waals surface area contributed by atoms with Crippen LogP contribution < -0.4 is 0 Å². The predicted octanol–water partition coefficient (Wildman–Crippen LogP) is 5.24. The van der Waals surface area contributed by atoms with Gasteiger partial charge in [0.15, 0.2) is 0 Å². The van der Waals surface area contributed by atoms with Gasteiger partial charge in [0.25, 0.3) is 5.91 Å². The Kier molecular flexibility index (Phi) is 6.59. The molecule has 1 fully saturated rings. The van der Waals surface area contributed by atoms with Crippen molar-refractivity contribution in [3.05, 3.63) is 35.9 Å². The summed E-state index contributed by atoms with van der Waals surface area (Å²) in [4.78, 5) is 17.9. The van der Waals surface area contributed by atoms with Crippen molar-refractivity contribution in [1.82, 2.24) is 5.06 Å². The number of hydroxylamine groups is 2. The number of hydrogen-bond donors (Lipinski definition) is 0. The van der Waals surface area contributed by atoms with Crippen LogP contribution in [0.2, 0.25) is 0 Å². The van der Waals surface area contributed by atoms with Crippen molar-refractivity contribution in [3.8, 4) is 0 Å². The third kappa shape index (κ3) is 4.24. The number of carbonyl (C=O) groups is 1. The SMILES string of the molecule is C[C@@]1(CC(F)(F)C(F)(F)C(F)(F)F)C(=O)N(OCc2ccccc2)CC1CI.